The molecule has 0 bridgehead atoms. The van der Waals surface area contributed by atoms with Crippen LogP contribution in [-0.2, 0) is 4.79 Å². The molecule has 0 spiro atoms. The zero-order valence-corrected chi connectivity index (χ0v) is 13.5. The third kappa shape index (κ3) is 3.18. The molecule has 7 heteroatoms. The van der Waals surface area contributed by atoms with Crippen LogP contribution in [0.4, 0.5) is 0 Å². The van der Waals surface area contributed by atoms with Crippen LogP contribution in [0, 0.1) is 13.8 Å². The molecule has 0 atom stereocenters. The molecule has 0 aliphatic carbocycles. The third-order valence-corrected chi connectivity index (χ3v) is 4.08. The quantitative estimate of drug-likeness (QED) is 0.838. The molecule has 1 aliphatic heterocycles. The fourth-order valence-electron chi connectivity index (χ4n) is 2.94. The average Bonchev–Trinajstić information content (AvgIpc) is 3.10. The zero-order valence-electron chi connectivity index (χ0n) is 13.5. The van der Waals surface area contributed by atoms with E-state index >= 15 is 0 Å². The summed E-state index contributed by atoms with van der Waals surface area (Å²) in [6.45, 7) is 5.90. The van der Waals surface area contributed by atoms with Crippen molar-refractivity contribution in [2.24, 2.45) is 0 Å². The summed E-state index contributed by atoms with van der Waals surface area (Å²) in [4.78, 5) is 30.1. The highest BCUT2D eigenvalue weighted by Crippen LogP contribution is 2.12. The Hall–Kier alpha value is -2.44. The summed E-state index contributed by atoms with van der Waals surface area (Å²) >= 11 is 0. The van der Waals surface area contributed by atoms with Gasteiger partial charge in [0, 0.05) is 37.4 Å². The van der Waals surface area contributed by atoms with Crippen molar-refractivity contribution in [1.29, 1.82) is 0 Å². The Morgan fingerprint density at radius 3 is 2.96 bits per heavy atom. The number of nitrogens with one attached hydrogen (secondary N) is 1. The van der Waals surface area contributed by atoms with Crippen LogP contribution in [0.5, 0.6) is 0 Å². The van der Waals surface area contributed by atoms with Gasteiger partial charge in [-0.15, -0.1) is 0 Å². The van der Waals surface area contributed by atoms with Crippen LogP contribution in [0.25, 0.3) is 5.65 Å². The summed E-state index contributed by atoms with van der Waals surface area (Å²) in [5.74, 6) is 0.0411. The van der Waals surface area contributed by atoms with Crippen LogP contribution in [-0.4, -0.2) is 50.9 Å². The summed E-state index contributed by atoms with van der Waals surface area (Å²) in [5.41, 5.74) is 2.86. The number of amides is 2. The van der Waals surface area contributed by atoms with Crippen molar-refractivity contribution in [3.63, 3.8) is 0 Å². The first-order chi connectivity index (χ1) is 11.1. The molecule has 1 saturated heterocycles. The molecule has 3 heterocycles. The Bertz CT molecular complexity index is 752. The first kappa shape index (κ1) is 15.5. The summed E-state index contributed by atoms with van der Waals surface area (Å²) in [6, 6.07) is 1.93. The number of aromatic nitrogens is 3. The Kier molecular flexibility index (Phi) is 4.27. The highest BCUT2D eigenvalue weighted by molar-refractivity contribution is 5.99. The number of rotatable bonds is 5. The van der Waals surface area contributed by atoms with Gasteiger partial charge in [0.15, 0.2) is 5.65 Å². The summed E-state index contributed by atoms with van der Waals surface area (Å²) in [6.07, 6.45) is 3.90. The average molecular weight is 315 g/mol. The zero-order chi connectivity index (χ0) is 16.4. The number of fused-ring (bicyclic) bond motifs is 1. The molecule has 0 aromatic carbocycles. The van der Waals surface area contributed by atoms with Gasteiger partial charge in [-0.25, -0.2) is 9.50 Å². The molecule has 2 aromatic rings. The van der Waals surface area contributed by atoms with Crippen LogP contribution < -0.4 is 5.32 Å². The predicted molar refractivity (Wildman–Crippen MR) is 85.2 cm³/mol. The second-order valence-corrected chi connectivity index (χ2v) is 5.93. The molecule has 0 unspecified atom stereocenters. The molecular formula is C16H21N5O2. The second-order valence-electron chi connectivity index (χ2n) is 5.93. The van der Waals surface area contributed by atoms with E-state index in [2.05, 4.69) is 15.4 Å². The maximum Gasteiger partial charge on any atom is 0.256 e. The van der Waals surface area contributed by atoms with Crippen LogP contribution in [0.15, 0.2) is 12.3 Å². The largest absolute Gasteiger partial charge is 0.352 e. The molecule has 1 N–H and O–H groups in total. The summed E-state index contributed by atoms with van der Waals surface area (Å²) in [7, 11) is 0. The normalized spacial score (nSPS) is 14.7. The summed E-state index contributed by atoms with van der Waals surface area (Å²) in [5, 5.41) is 7.11. The van der Waals surface area contributed by atoms with Crippen LogP contribution in [0.2, 0.25) is 0 Å². The Balaban J connectivity index is 1.59. The van der Waals surface area contributed by atoms with Gasteiger partial charge in [0.2, 0.25) is 5.91 Å². The van der Waals surface area contributed by atoms with Crippen molar-refractivity contribution < 1.29 is 9.59 Å². The smallest absolute Gasteiger partial charge is 0.256 e. The molecule has 0 saturated carbocycles. The van der Waals surface area contributed by atoms with Crippen LogP contribution in [0.3, 0.4) is 0 Å². The number of aryl methyl sites for hydroxylation is 2. The molecule has 0 radical (unpaired) electrons. The number of hydrogen-bond acceptors (Lipinski definition) is 4. The van der Waals surface area contributed by atoms with E-state index in [4.69, 9.17) is 0 Å². The van der Waals surface area contributed by atoms with Crippen LogP contribution >= 0.6 is 0 Å². The first-order valence-electron chi connectivity index (χ1n) is 7.94. The Morgan fingerprint density at radius 1 is 1.39 bits per heavy atom. The third-order valence-electron chi connectivity index (χ3n) is 4.08. The van der Waals surface area contributed by atoms with Crippen molar-refractivity contribution in [1.82, 2.24) is 24.8 Å². The van der Waals surface area contributed by atoms with E-state index in [1.807, 2.05) is 24.8 Å². The van der Waals surface area contributed by atoms with Gasteiger partial charge < -0.3 is 10.2 Å². The van der Waals surface area contributed by atoms with Gasteiger partial charge >= 0.3 is 0 Å². The fraction of sp³-hybridized carbons (Fsp3) is 0.500. The maximum absolute atomic E-state index is 12.3. The molecule has 3 rings (SSSR count). The van der Waals surface area contributed by atoms with Crippen molar-refractivity contribution in [3.05, 3.63) is 29.2 Å². The molecule has 2 aromatic heterocycles. The fourth-order valence-corrected chi connectivity index (χ4v) is 2.94. The predicted octanol–water partition coefficient (Wildman–Crippen LogP) is 1.09. The first-order valence-corrected chi connectivity index (χ1v) is 7.94. The minimum atomic E-state index is -0.176. The van der Waals surface area contributed by atoms with Gasteiger partial charge in [0.05, 0.1) is 6.20 Å². The lowest BCUT2D eigenvalue weighted by Crippen LogP contribution is -2.30. The number of carbonyl (C=O) groups excluding carboxylic acids is 2. The van der Waals surface area contributed by atoms with E-state index < -0.39 is 0 Å². The molecule has 122 valence electrons. The summed E-state index contributed by atoms with van der Waals surface area (Å²) < 4.78 is 1.67. The van der Waals surface area contributed by atoms with Crippen molar-refractivity contribution >= 4 is 17.5 Å². The second kappa shape index (κ2) is 6.36. The van der Waals surface area contributed by atoms with Gasteiger partial charge in [0.25, 0.3) is 5.91 Å². The van der Waals surface area contributed by atoms with Gasteiger partial charge in [-0.1, -0.05) is 0 Å². The number of hydrogen-bond donors (Lipinski definition) is 1. The van der Waals surface area contributed by atoms with E-state index in [1.165, 1.54) is 0 Å². The Labute approximate surface area is 134 Å². The SMILES string of the molecule is Cc1cc(C)n2ncc(C(=O)NCCCN3CCCC3=O)c2n1. The van der Waals surface area contributed by atoms with Crippen molar-refractivity contribution in [3.8, 4) is 0 Å². The van der Waals surface area contributed by atoms with E-state index in [1.54, 1.807) is 10.7 Å². The lowest BCUT2D eigenvalue weighted by Gasteiger charge is -2.15. The van der Waals surface area contributed by atoms with E-state index in [-0.39, 0.29) is 11.8 Å². The monoisotopic (exact) mass is 315 g/mol. The number of likely N-dealkylation sites (tertiary alicyclic amines) is 1. The number of nitrogens with zero attached hydrogens (tertiary/aromatic N) is 4. The maximum atomic E-state index is 12.3. The van der Waals surface area contributed by atoms with Gasteiger partial charge in [-0.2, -0.15) is 5.10 Å². The van der Waals surface area contributed by atoms with Crippen molar-refractivity contribution in [2.75, 3.05) is 19.6 Å². The van der Waals surface area contributed by atoms with E-state index in [0.717, 1.165) is 30.8 Å². The molecule has 2 amide bonds. The standard InChI is InChI=1S/C16H21N5O2/c1-11-9-12(2)21-15(19-11)13(10-18-21)16(23)17-6-4-8-20-7-3-5-14(20)22/h9-10H,3-8H2,1-2H3,(H,17,23). The van der Waals surface area contributed by atoms with E-state index in [0.29, 0.717) is 30.7 Å². The molecule has 1 aliphatic rings. The number of carbonyl (C=O) groups is 2. The Morgan fingerprint density at radius 2 is 2.22 bits per heavy atom. The van der Waals surface area contributed by atoms with Gasteiger partial charge in [-0.3, -0.25) is 9.59 Å². The molecule has 7 nitrogen and oxygen atoms in total. The highest BCUT2D eigenvalue weighted by atomic mass is 16.2. The van der Waals surface area contributed by atoms with E-state index in [9.17, 15) is 9.59 Å². The topological polar surface area (TPSA) is 79.6 Å². The van der Waals surface area contributed by atoms with Gasteiger partial charge in [-0.05, 0) is 32.8 Å². The van der Waals surface area contributed by atoms with Crippen LogP contribution in [0.1, 0.15) is 41.0 Å². The molecular weight excluding hydrogens is 294 g/mol. The lowest BCUT2D eigenvalue weighted by molar-refractivity contribution is -0.127. The van der Waals surface area contributed by atoms with Crippen molar-refractivity contribution in [2.45, 2.75) is 33.1 Å². The minimum Gasteiger partial charge on any atom is -0.352 e. The molecule has 1 fully saturated rings. The highest BCUT2D eigenvalue weighted by Gasteiger charge is 2.19. The van der Waals surface area contributed by atoms with Gasteiger partial charge in [0.1, 0.15) is 5.56 Å². The molecule has 23 heavy (non-hydrogen) atoms. The lowest BCUT2D eigenvalue weighted by atomic mass is 10.3. The minimum absolute atomic E-state index is 0.176.